The standard InChI is InChI=1S/C23H25F3N4O4S/c1-2-35(33,34)29-13-17-9-10-30(15-17)22(32)18-5-8-20(27-14-18)11-21(31)28-12-16-3-6-19(7-4-16)23(24,25)26/h2-8,14,17,29H,1,9-13,15H2,(H,28,31)/t17-/m1/s1. The number of nitrogens with zero attached hydrogens (tertiary/aromatic N) is 2. The summed E-state index contributed by atoms with van der Waals surface area (Å²) >= 11 is 0. The molecule has 3 rings (SSSR count). The van der Waals surface area contributed by atoms with E-state index in [0.717, 1.165) is 17.5 Å². The fourth-order valence-corrected chi connectivity index (χ4v) is 4.14. The molecule has 35 heavy (non-hydrogen) atoms. The summed E-state index contributed by atoms with van der Waals surface area (Å²) in [5.74, 6) is -0.597. The first kappa shape index (κ1) is 26.4. The minimum absolute atomic E-state index is 0.00531. The van der Waals surface area contributed by atoms with Gasteiger partial charge in [-0.3, -0.25) is 14.6 Å². The number of hydrogen-bond acceptors (Lipinski definition) is 5. The number of rotatable bonds is 9. The van der Waals surface area contributed by atoms with E-state index in [1.165, 1.54) is 18.3 Å². The highest BCUT2D eigenvalue weighted by Gasteiger charge is 2.30. The van der Waals surface area contributed by atoms with Crippen molar-refractivity contribution in [2.45, 2.75) is 25.6 Å². The molecule has 12 heteroatoms. The molecule has 1 aliphatic rings. The van der Waals surface area contributed by atoms with Crippen LogP contribution in [-0.2, 0) is 34.0 Å². The van der Waals surface area contributed by atoms with Crippen LogP contribution in [0.15, 0.2) is 54.6 Å². The van der Waals surface area contributed by atoms with Crippen molar-refractivity contribution in [2.24, 2.45) is 5.92 Å². The molecule has 1 fully saturated rings. The Labute approximate surface area is 201 Å². The number of carbonyl (C=O) groups excluding carboxylic acids is 2. The highest BCUT2D eigenvalue weighted by Crippen LogP contribution is 2.29. The fraction of sp³-hybridized carbons (Fsp3) is 0.348. The largest absolute Gasteiger partial charge is 0.416 e. The van der Waals surface area contributed by atoms with Crippen molar-refractivity contribution >= 4 is 21.8 Å². The molecule has 1 saturated heterocycles. The Bertz CT molecular complexity index is 1170. The molecule has 2 heterocycles. The van der Waals surface area contributed by atoms with E-state index < -0.39 is 21.8 Å². The third-order valence-electron chi connectivity index (χ3n) is 5.55. The first-order chi connectivity index (χ1) is 16.5. The second-order valence-electron chi connectivity index (χ2n) is 8.15. The Morgan fingerprint density at radius 1 is 1.17 bits per heavy atom. The van der Waals surface area contributed by atoms with Crippen LogP contribution in [-0.4, -0.2) is 49.8 Å². The molecule has 1 atom stereocenters. The SMILES string of the molecule is C=CS(=O)(=O)NC[C@H]1CCN(C(=O)c2ccc(CC(=O)NCc3ccc(C(F)(F)F)cc3)nc2)C1. The number of pyridine rings is 1. The number of halogens is 3. The molecule has 2 aromatic rings. The second-order valence-corrected chi connectivity index (χ2v) is 9.86. The Morgan fingerprint density at radius 3 is 2.49 bits per heavy atom. The molecule has 1 aliphatic heterocycles. The lowest BCUT2D eigenvalue weighted by atomic mass is 10.1. The highest BCUT2D eigenvalue weighted by atomic mass is 32.2. The predicted molar refractivity (Wildman–Crippen MR) is 122 cm³/mol. The first-order valence-electron chi connectivity index (χ1n) is 10.8. The van der Waals surface area contributed by atoms with E-state index in [1.54, 1.807) is 17.0 Å². The van der Waals surface area contributed by atoms with Crippen LogP contribution in [0, 0.1) is 5.92 Å². The van der Waals surface area contributed by atoms with Gasteiger partial charge in [0.05, 0.1) is 17.5 Å². The van der Waals surface area contributed by atoms with Crippen LogP contribution in [0.5, 0.6) is 0 Å². The van der Waals surface area contributed by atoms with Gasteiger partial charge in [0, 0.05) is 43.5 Å². The molecule has 188 valence electrons. The molecule has 8 nitrogen and oxygen atoms in total. The molecule has 0 saturated carbocycles. The van der Waals surface area contributed by atoms with Gasteiger partial charge in [-0.2, -0.15) is 13.2 Å². The average molecular weight is 511 g/mol. The first-order valence-corrected chi connectivity index (χ1v) is 12.3. The lowest BCUT2D eigenvalue weighted by Gasteiger charge is -2.16. The highest BCUT2D eigenvalue weighted by molar-refractivity contribution is 7.92. The zero-order valence-corrected chi connectivity index (χ0v) is 19.5. The van der Waals surface area contributed by atoms with Crippen molar-refractivity contribution in [3.63, 3.8) is 0 Å². The molecule has 0 aliphatic carbocycles. The Morgan fingerprint density at radius 2 is 1.89 bits per heavy atom. The second kappa shape index (κ2) is 11.0. The molecule has 0 spiro atoms. The van der Waals surface area contributed by atoms with Crippen molar-refractivity contribution in [2.75, 3.05) is 19.6 Å². The van der Waals surface area contributed by atoms with Gasteiger partial charge in [-0.1, -0.05) is 18.7 Å². The number of carbonyl (C=O) groups is 2. The van der Waals surface area contributed by atoms with Gasteiger partial charge < -0.3 is 10.2 Å². The number of sulfonamides is 1. The molecule has 0 bridgehead atoms. The zero-order valence-electron chi connectivity index (χ0n) is 18.7. The van der Waals surface area contributed by atoms with Crippen molar-refractivity contribution in [1.82, 2.24) is 19.9 Å². The van der Waals surface area contributed by atoms with Crippen molar-refractivity contribution in [1.29, 1.82) is 0 Å². The van der Waals surface area contributed by atoms with Crippen LogP contribution in [0.25, 0.3) is 0 Å². The zero-order chi connectivity index (χ0) is 25.6. The monoisotopic (exact) mass is 510 g/mol. The summed E-state index contributed by atoms with van der Waals surface area (Å²) < 4.78 is 63.2. The molecule has 1 aromatic heterocycles. The Hall–Kier alpha value is -3.25. The molecule has 2 N–H and O–H groups in total. The lowest BCUT2D eigenvalue weighted by molar-refractivity contribution is -0.137. The topological polar surface area (TPSA) is 108 Å². The third kappa shape index (κ3) is 7.62. The van der Waals surface area contributed by atoms with Crippen LogP contribution in [0.3, 0.4) is 0 Å². The molecular formula is C23H25F3N4O4S. The Kier molecular flexibility index (Phi) is 8.28. The minimum atomic E-state index is -4.41. The van der Waals surface area contributed by atoms with Gasteiger partial charge in [-0.25, -0.2) is 13.1 Å². The van der Waals surface area contributed by atoms with E-state index in [9.17, 15) is 31.2 Å². The number of hydrogen-bond donors (Lipinski definition) is 2. The maximum Gasteiger partial charge on any atom is 0.416 e. The van der Waals surface area contributed by atoms with E-state index in [4.69, 9.17) is 0 Å². The summed E-state index contributed by atoms with van der Waals surface area (Å²) in [7, 11) is -3.51. The van der Waals surface area contributed by atoms with Crippen LogP contribution < -0.4 is 10.0 Å². The lowest BCUT2D eigenvalue weighted by Crippen LogP contribution is -2.32. The summed E-state index contributed by atoms with van der Waals surface area (Å²) in [6.07, 6.45) is -2.42. The van der Waals surface area contributed by atoms with Crippen LogP contribution in [0.2, 0.25) is 0 Å². The van der Waals surface area contributed by atoms with Crippen LogP contribution >= 0.6 is 0 Å². The van der Waals surface area contributed by atoms with Crippen molar-refractivity contribution < 1.29 is 31.2 Å². The number of nitrogens with one attached hydrogen (secondary N) is 2. The molecule has 0 radical (unpaired) electrons. The normalized spacial score (nSPS) is 16.2. The molecule has 1 aromatic carbocycles. The summed E-state index contributed by atoms with van der Waals surface area (Å²) in [4.78, 5) is 30.7. The minimum Gasteiger partial charge on any atom is -0.352 e. The quantitative estimate of drug-likeness (QED) is 0.539. The molecule has 0 unspecified atom stereocenters. The summed E-state index contributed by atoms with van der Waals surface area (Å²) in [5.41, 5.74) is 0.561. The van der Waals surface area contributed by atoms with Gasteiger partial charge in [0.15, 0.2) is 0 Å². The number of amides is 2. The van der Waals surface area contributed by atoms with Gasteiger partial charge >= 0.3 is 6.18 Å². The third-order valence-corrected chi connectivity index (χ3v) is 6.56. The van der Waals surface area contributed by atoms with Crippen molar-refractivity contribution in [3.8, 4) is 0 Å². The van der Waals surface area contributed by atoms with Gasteiger partial charge in [0.25, 0.3) is 5.91 Å². The smallest absolute Gasteiger partial charge is 0.352 e. The van der Waals surface area contributed by atoms with Crippen LogP contribution in [0.4, 0.5) is 13.2 Å². The van der Waals surface area contributed by atoms with E-state index in [0.29, 0.717) is 36.3 Å². The van der Waals surface area contributed by atoms with Gasteiger partial charge in [-0.15, -0.1) is 0 Å². The summed E-state index contributed by atoms with van der Waals surface area (Å²) in [6, 6.07) is 7.67. The maximum atomic E-state index is 12.7. The van der Waals surface area contributed by atoms with E-state index in [1.807, 2.05) is 0 Å². The van der Waals surface area contributed by atoms with Gasteiger partial charge in [-0.05, 0) is 42.2 Å². The number of alkyl halides is 3. The molecule has 2 amide bonds. The van der Waals surface area contributed by atoms with Gasteiger partial charge in [0.1, 0.15) is 0 Å². The van der Waals surface area contributed by atoms with E-state index >= 15 is 0 Å². The number of benzene rings is 1. The number of likely N-dealkylation sites (tertiary alicyclic amines) is 1. The Balaban J connectivity index is 1.46. The predicted octanol–water partition coefficient (Wildman–Crippen LogP) is 2.48. The summed E-state index contributed by atoms with van der Waals surface area (Å²) in [5, 5.41) is 3.47. The van der Waals surface area contributed by atoms with E-state index in [-0.39, 0.29) is 37.2 Å². The van der Waals surface area contributed by atoms with Crippen LogP contribution in [0.1, 0.15) is 33.6 Å². The molecular weight excluding hydrogens is 485 g/mol. The van der Waals surface area contributed by atoms with Gasteiger partial charge in [0.2, 0.25) is 15.9 Å². The van der Waals surface area contributed by atoms with E-state index in [2.05, 4.69) is 21.6 Å². The number of aromatic nitrogens is 1. The summed E-state index contributed by atoms with van der Waals surface area (Å²) in [6.45, 7) is 4.44. The average Bonchev–Trinajstić information content (AvgIpc) is 3.30. The maximum absolute atomic E-state index is 12.7. The fourth-order valence-electron chi connectivity index (χ4n) is 3.55. The van der Waals surface area contributed by atoms with Crippen molar-refractivity contribution in [3.05, 3.63) is 77.0 Å².